The SMILES string of the molecule is NNC(=NCc1ccc2c(c1)OCO2)NC1CCCC1. The molecule has 6 nitrogen and oxygen atoms in total. The first kappa shape index (κ1) is 13.1. The summed E-state index contributed by atoms with van der Waals surface area (Å²) in [5.74, 6) is 7.74. The molecule has 4 N–H and O–H groups in total. The van der Waals surface area contributed by atoms with E-state index >= 15 is 0 Å². The van der Waals surface area contributed by atoms with Crippen molar-refractivity contribution in [2.24, 2.45) is 10.8 Å². The maximum Gasteiger partial charge on any atom is 0.231 e. The summed E-state index contributed by atoms with van der Waals surface area (Å²) in [5.41, 5.74) is 3.70. The third-order valence-corrected chi connectivity index (χ3v) is 3.69. The summed E-state index contributed by atoms with van der Waals surface area (Å²) >= 11 is 0. The first-order valence-corrected chi connectivity index (χ1v) is 7.01. The molecule has 0 aromatic heterocycles. The average Bonchev–Trinajstić information content (AvgIpc) is 3.13. The molecular formula is C14H20N4O2. The topological polar surface area (TPSA) is 80.9 Å². The fourth-order valence-corrected chi connectivity index (χ4v) is 2.61. The van der Waals surface area contributed by atoms with Gasteiger partial charge in [-0.15, -0.1) is 0 Å². The molecule has 0 radical (unpaired) electrons. The van der Waals surface area contributed by atoms with E-state index in [1.807, 2.05) is 18.2 Å². The lowest BCUT2D eigenvalue weighted by molar-refractivity contribution is 0.174. The number of hydrogen-bond donors (Lipinski definition) is 3. The zero-order valence-corrected chi connectivity index (χ0v) is 11.4. The van der Waals surface area contributed by atoms with Gasteiger partial charge in [-0.25, -0.2) is 10.8 Å². The Kier molecular flexibility index (Phi) is 3.92. The van der Waals surface area contributed by atoms with Crippen LogP contribution in [0, 0.1) is 0 Å². The van der Waals surface area contributed by atoms with Gasteiger partial charge in [0.2, 0.25) is 12.8 Å². The number of nitrogens with two attached hydrogens (primary N) is 1. The third kappa shape index (κ3) is 2.96. The average molecular weight is 276 g/mol. The van der Waals surface area contributed by atoms with Gasteiger partial charge < -0.3 is 14.8 Å². The number of nitrogens with one attached hydrogen (secondary N) is 2. The molecule has 2 aliphatic rings. The van der Waals surface area contributed by atoms with E-state index in [1.54, 1.807) is 0 Å². The summed E-state index contributed by atoms with van der Waals surface area (Å²) in [6.45, 7) is 0.844. The zero-order chi connectivity index (χ0) is 13.8. The molecule has 108 valence electrons. The Bertz CT molecular complexity index is 498. The standard InChI is InChI=1S/C14H20N4O2/c15-18-14(17-11-3-1-2-4-11)16-8-10-5-6-12-13(7-10)20-9-19-12/h5-7,11H,1-4,8-9,15H2,(H2,16,17,18). The molecule has 0 amide bonds. The number of benzene rings is 1. The molecule has 0 saturated heterocycles. The smallest absolute Gasteiger partial charge is 0.231 e. The van der Waals surface area contributed by atoms with Crippen molar-refractivity contribution in [1.29, 1.82) is 0 Å². The summed E-state index contributed by atoms with van der Waals surface area (Å²) in [7, 11) is 0. The Balaban J connectivity index is 1.62. The van der Waals surface area contributed by atoms with Crippen molar-refractivity contribution in [3.8, 4) is 11.5 Å². The maximum atomic E-state index is 5.52. The van der Waals surface area contributed by atoms with E-state index in [4.69, 9.17) is 15.3 Å². The molecule has 1 aliphatic heterocycles. The Morgan fingerprint density at radius 1 is 1.25 bits per heavy atom. The Morgan fingerprint density at radius 2 is 2.05 bits per heavy atom. The van der Waals surface area contributed by atoms with Crippen molar-refractivity contribution >= 4 is 5.96 Å². The number of guanidine groups is 1. The van der Waals surface area contributed by atoms with E-state index in [-0.39, 0.29) is 0 Å². The van der Waals surface area contributed by atoms with Crippen LogP contribution in [0.3, 0.4) is 0 Å². The van der Waals surface area contributed by atoms with Gasteiger partial charge in [-0.3, -0.25) is 5.43 Å². The summed E-state index contributed by atoms with van der Waals surface area (Å²) in [4.78, 5) is 4.47. The third-order valence-electron chi connectivity index (χ3n) is 3.69. The number of ether oxygens (including phenoxy) is 2. The van der Waals surface area contributed by atoms with Gasteiger partial charge in [0.15, 0.2) is 11.5 Å². The van der Waals surface area contributed by atoms with E-state index in [0.29, 0.717) is 25.3 Å². The van der Waals surface area contributed by atoms with E-state index in [9.17, 15) is 0 Å². The van der Waals surface area contributed by atoms with Crippen LogP contribution in [0.2, 0.25) is 0 Å². The minimum atomic E-state index is 0.293. The van der Waals surface area contributed by atoms with E-state index in [1.165, 1.54) is 25.7 Å². The second kappa shape index (κ2) is 6.00. The summed E-state index contributed by atoms with van der Waals surface area (Å²) in [6, 6.07) is 6.34. The molecule has 0 unspecified atom stereocenters. The van der Waals surface area contributed by atoms with Crippen LogP contribution in [-0.4, -0.2) is 18.8 Å². The molecule has 1 aromatic rings. The van der Waals surface area contributed by atoms with Crippen molar-refractivity contribution in [2.45, 2.75) is 38.3 Å². The van der Waals surface area contributed by atoms with Gasteiger partial charge >= 0.3 is 0 Å². The van der Waals surface area contributed by atoms with Crippen LogP contribution >= 0.6 is 0 Å². The van der Waals surface area contributed by atoms with E-state index < -0.39 is 0 Å². The summed E-state index contributed by atoms with van der Waals surface area (Å²) in [5, 5.41) is 3.35. The minimum Gasteiger partial charge on any atom is -0.454 e. The highest BCUT2D eigenvalue weighted by Gasteiger charge is 2.16. The molecule has 6 heteroatoms. The van der Waals surface area contributed by atoms with Crippen LogP contribution in [0.1, 0.15) is 31.2 Å². The number of hydrogen-bond acceptors (Lipinski definition) is 4. The predicted octanol–water partition coefficient (Wildman–Crippen LogP) is 1.27. The number of rotatable bonds is 3. The largest absolute Gasteiger partial charge is 0.454 e. The van der Waals surface area contributed by atoms with E-state index in [0.717, 1.165) is 17.1 Å². The van der Waals surface area contributed by atoms with Crippen molar-refractivity contribution < 1.29 is 9.47 Å². The van der Waals surface area contributed by atoms with Crippen LogP contribution in [0.25, 0.3) is 0 Å². The van der Waals surface area contributed by atoms with Gasteiger partial charge in [-0.1, -0.05) is 18.9 Å². The molecule has 3 rings (SSSR count). The highest BCUT2D eigenvalue weighted by atomic mass is 16.7. The van der Waals surface area contributed by atoms with E-state index in [2.05, 4.69) is 15.7 Å². The van der Waals surface area contributed by atoms with Gasteiger partial charge in [0.25, 0.3) is 0 Å². The quantitative estimate of drug-likeness (QED) is 0.335. The molecule has 1 aromatic carbocycles. The lowest BCUT2D eigenvalue weighted by atomic mass is 10.2. The highest BCUT2D eigenvalue weighted by molar-refractivity contribution is 5.79. The summed E-state index contributed by atoms with van der Waals surface area (Å²) < 4.78 is 10.6. The van der Waals surface area contributed by atoms with Crippen LogP contribution in [0.5, 0.6) is 11.5 Å². The van der Waals surface area contributed by atoms with Crippen molar-refractivity contribution in [2.75, 3.05) is 6.79 Å². The molecule has 20 heavy (non-hydrogen) atoms. The molecule has 1 saturated carbocycles. The first-order chi connectivity index (χ1) is 9.85. The van der Waals surface area contributed by atoms with Gasteiger partial charge in [0.1, 0.15) is 0 Å². The molecule has 1 aliphatic carbocycles. The summed E-state index contributed by atoms with van der Waals surface area (Å²) in [6.07, 6.45) is 4.92. The van der Waals surface area contributed by atoms with Gasteiger partial charge in [0.05, 0.1) is 6.54 Å². The van der Waals surface area contributed by atoms with Gasteiger partial charge in [-0.05, 0) is 30.5 Å². The van der Waals surface area contributed by atoms with Gasteiger partial charge in [0, 0.05) is 6.04 Å². The van der Waals surface area contributed by atoms with Crippen molar-refractivity contribution in [3.63, 3.8) is 0 Å². The van der Waals surface area contributed by atoms with Crippen LogP contribution in [0.4, 0.5) is 0 Å². The monoisotopic (exact) mass is 276 g/mol. The molecular weight excluding hydrogens is 256 g/mol. The van der Waals surface area contributed by atoms with Crippen LogP contribution < -0.4 is 26.1 Å². The van der Waals surface area contributed by atoms with Crippen molar-refractivity contribution in [1.82, 2.24) is 10.7 Å². The molecule has 0 atom stereocenters. The normalized spacial score (nSPS) is 18.4. The minimum absolute atomic E-state index is 0.293. The van der Waals surface area contributed by atoms with Crippen molar-refractivity contribution in [3.05, 3.63) is 23.8 Å². The molecule has 1 heterocycles. The van der Waals surface area contributed by atoms with Crippen LogP contribution in [0.15, 0.2) is 23.2 Å². The lowest BCUT2D eigenvalue weighted by Crippen LogP contribution is -2.45. The predicted molar refractivity (Wildman–Crippen MR) is 76.4 cm³/mol. The molecule has 0 spiro atoms. The number of aliphatic imine (C=N–C) groups is 1. The number of hydrazine groups is 1. The molecule has 0 bridgehead atoms. The Labute approximate surface area is 118 Å². The number of nitrogens with zero attached hydrogens (tertiary/aromatic N) is 1. The second-order valence-electron chi connectivity index (χ2n) is 5.12. The lowest BCUT2D eigenvalue weighted by Gasteiger charge is -2.15. The second-order valence-corrected chi connectivity index (χ2v) is 5.12. The number of fused-ring (bicyclic) bond motifs is 1. The fourth-order valence-electron chi connectivity index (χ4n) is 2.61. The highest BCUT2D eigenvalue weighted by Crippen LogP contribution is 2.32. The first-order valence-electron chi connectivity index (χ1n) is 7.01. The maximum absolute atomic E-state index is 5.52. The zero-order valence-electron chi connectivity index (χ0n) is 11.4. The molecule has 1 fully saturated rings. The Morgan fingerprint density at radius 3 is 2.85 bits per heavy atom. The fraction of sp³-hybridized carbons (Fsp3) is 0.500. The van der Waals surface area contributed by atoms with Crippen LogP contribution in [-0.2, 0) is 6.54 Å². The van der Waals surface area contributed by atoms with Gasteiger partial charge in [-0.2, -0.15) is 0 Å². The Hall–Kier alpha value is -1.95.